The maximum Gasteiger partial charge on any atom is 0.324 e. The van der Waals surface area contributed by atoms with Crippen LogP contribution in [0.4, 0.5) is 0 Å². The number of methoxy groups -OCH3 is 1. The number of ether oxygens (including phenoxy) is 1. The molecule has 1 aliphatic carbocycles. The Morgan fingerprint density at radius 3 is 2.75 bits per heavy atom. The lowest BCUT2D eigenvalue weighted by molar-refractivity contribution is -0.143. The summed E-state index contributed by atoms with van der Waals surface area (Å²) in [5, 5.41) is 3.28. The maximum absolute atomic E-state index is 11.9. The van der Waals surface area contributed by atoms with Gasteiger partial charge in [-0.25, -0.2) is 4.98 Å². The zero-order chi connectivity index (χ0) is 14.7. The molecule has 2 rings (SSSR count). The third-order valence-corrected chi connectivity index (χ3v) is 3.81. The Labute approximate surface area is 120 Å². The van der Waals surface area contributed by atoms with E-state index in [4.69, 9.17) is 4.74 Å². The average molecular weight is 279 g/mol. The fraction of sp³-hybridized carbons (Fsp3) is 0.733. The Bertz CT molecular complexity index is 480. The summed E-state index contributed by atoms with van der Waals surface area (Å²) in [4.78, 5) is 16.6. The number of nitrogens with one attached hydrogen (secondary N) is 1. The summed E-state index contributed by atoms with van der Waals surface area (Å²) in [6.07, 6.45) is 4.54. The Kier molecular flexibility index (Phi) is 4.81. The van der Waals surface area contributed by atoms with Crippen molar-refractivity contribution in [2.45, 2.75) is 65.1 Å². The van der Waals surface area contributed by atoms with E-state index in [1.165, 1.54) is 31.3 Å². The van der Waals surface area contributed by atoms with Gasteiger partial charge in [0.25, 0.3) is 0 Å². The monoisotopic (exact) mass is 279 g/mol. The lowest BCUT2D eigenvalue weighted by Crippen LogP contribution is -2.44. The zero-order valence-electron chi connectivity index (χ0n) is 12.9. The third-order valence-electron chi connectivity index (χ3n) is 3.81. The number of carbonyl (C=O) groups excluding carboxylic acids is 1. The maximum atomic E-state index is 11.9. The largest absolute Gasteiger partial charge is 0.468 e. The van der Waals surface area contributed by atoms with E-state index in [-0.39, 0.29) is 18.1 Å². The number of aryl methyl sites for hydroxylation is 2. The van der Waals surface area contributed by atoms with Crippen molar-refractivity contribution in [1.82, 2.24) is 14.9 Å². The number of esters is 1. The summed E-state index contributed by atoms with van der Waals surface area (Å²) < 4.78 is 7.10. The SMILES string of the molecule is COC(=O)C(Cn1c(C)nc2c1CCCC2)NC(C)C. The minimum absolute atomic E-state index is 0.212. The van der Waals surface area contributed by atoms with Gasteiger partial charge in [-0.3, -0.25) is 4.79 Å². The van der Waals surface area contributed by atoms with E-state index in [1.807, 2.05) is 20.8 Å². The third kappa shape index (κ3) is 3.20. The number of aromatic nitrogens is 2. The van der Waals surface area contributed by atoms with Crippen LogP contribution in [0.25, 0.3) is 0 Å². The zero-order valence-corrected chi connectivity index (χ0v) is 12.9. The molecular formula is C15H25N3O2. The number of hydrogen-bond donors (Lipinski definition) is 1. The van der Waals surface area contributed by atoms with Gasteiger partial charge in [-0.1, -0.05) is 13.8 Å². The van der Waals surface area contributed by atoms with E-state index in [0.29, 0.717) is 6.54 Å². The smallest absolute Gasteiger partial charge is 0.324 e. The summed E-state index contributed by atoms with van der Waals surface area (Å²) in [7, 11) is 1.44. The van der Waals surface area contributed by atoms with E-state index in [2.05, 4.69) is 14.9 Å². The van der Waals surface area contributed by atoms with Gasteiger partial charge >= 0.3 is 5.97 Å². The quantitative estimate of drug-likeness (QED) is 0.832. The lowest BCUT2D eigenvalue weighted by atomic mass is 10.0. The van der Waals surface area contributed by atoms with E-state index >= 15 is 0 Å². The van der Waals surface area contributed by atoms with E-state index in [0.717, 1.165) is 18.7 Å². The van der Waals surface area contributed by atoms with Gasteiger partial charge in [0, 0.05) is 11.7 Å². The van der Waals surface area contributed by atoms with Crippen LogP contribution in [0.1, 0.15) is 43.9 Å². The Hall–Kier alpha value is -1.36. The van der Waals surface area contributed by atoms with Crippen LogP contribution >= 0.6 is 0 Å². The summed E-state index contributed by atoms with van der Waals surface area (Å²) in [6.45, 7) is 6.68. The van der Waals surface area contributed by atoms with Gasteiger partial charge in [0.05, 0.1) is 19.3 Å². The molecule has 112 valence electrons. The highest BCUT2D eigenvalue weighted by atomic mass is 16.5. The molecule has 1 aromatic rings. The topological polar surface area (TPSA) is 56.2 Å². The van der Waals surface area contributed by atoms with E-state index in [9.17, 15) is 4.79 Å². The van der Waals surface area contributed by atoms with Crippen LogP contribution in [0.2, 0.25) is 0 Å². The molecule has 1 aliphatic rings. The molecule has 1 N–H and O–H groups in total. The van der Waals surface area contributed by atoms with Crippen molar-refractivity contribution in [3.05, 3.63) is 17.2 Å². The minimum atomic E-state index is -0.320. The van der Waals surface area contributed by atoms with Crippen LogP contribution in [0.3, 0.4) is 0 Å². The summed E-state index contributed by atoms with van der Waals surface area (Å²) >= 11 is 0. The summed E-state index contributed by atoms with van der Waals surface area (Å²) in [5.74, 6) is 0.785. The van der Waals surface area contributed by atoms with Gasteiger partial charge in [-0.2, -0.15) is 0 Å². The first kappa shape index (κ1) is 15.0. The Balaban J connectivity index is 2.21. The fourth-order valence-electron chi connectivity index (χ4n) is 2.90. The molecule has 0 fully saturated rings. The molecule has 1 heterocycles. The first-order valence-corrected chi connectivity index (χ1v) is 7.41. The molecule has 1 atom stereocenters. The molecule has 0 saturated heterocycles. The van der Waals surface area contributed by atoms with Crippen molar-refractivity contribution < 1.29 is 9.53 Å². The Morgan fingerprint density at radius 2 is 2.10 bits per heavy atom. The van der Waals surface area contributed by atoms with Crippen molar-refractivity contribution in [2.75, 3.05) is 7.11 Å². The highest BCUT2D eigenvalue weighted by molar-refractivity contribution is 5.75. The van der Waals surface area contributed by atoms with Gasteiger partial charge in [0.2, 0.25) is 0 Å². The van der Waals surface area contributed by atoms with Crippen molar-refractivity contribution in [2.24, 2.45) is 0 Å². The number of rotatable bonds is 5. The molecule has 0 saturated carbocycles. The lowest BCUT2D eigenvalue weighted by Gasteiger charge is -2.22. The molecule has 0 bridgehead atoms. The summed E-state index contributed by atoms with van der Waals surface area (Å²) in [6, 6.07) is -0.0855. The molecule has 0 spiro atoms. The number of imidazole rings is 1. The summed E-state index contributed by atoms with van der Waals surface area (Å²) in [5.41, 5.74) is 2.51. The predicted molar refractivity (Wildman–Crippen MR) is 77.7 cm³/mol. The van der Waals surface area contributed by atoms with E-state index in [1.54, 1.807) is 0 Å². The molecule has 1 unspecified atom stereocenters. The molecule has 0 amide bonds. The Morgan fingerprint density at radius 1 is 1.40 bits per heavy atom. The van der Waals surface area contributed by atoms with Gasteiger partial charge in [0.15, 0.2) is 0 Å². The average Bonchev–Trinajstić information content (AvgIpc) is 2.73. The molecule has 1 aromatic heterocycles. The van der Waals surface area contributed by atoms with Gasteiger partial charge < -0.3 is 14.6 Å². The molecule has 20 heavy (non-hydrogen) atoms. The van der Waals surface area contributed by atoms with Crippen LogP contribution in [0.15, 0.2) is 0 Å². The standard InChI is InChI=1S/C15H25N3O2/c1-10(2)16-13(15(19)20-4)9-18-11(3)17-12-7-5-6-8-14(12)18/h10,13,16H,5-9H2,1-4H3. The highest BCUT2D eigenvalue weighted by Gasteiger charge is 2.25. The number of fused-ring (bicyclic) bond motifs is 1. The van der Waals surface area contributed by atoms with Crippen molar-refractivity contribution in [3.63, 3.8) is 0 Å². The molecule has 0 radical (unpaired) electrons. The van der Waals surface area contributed by atoms with Gasteiger partial charge in [-0.15, -0.1) is 0 Å². The first-order valence-electron chi connectivity index (χ1n) is 7.41. The molecule has 0 aromatic carbocycles. The van der Waals surface area contributed by atoms with Crippen LogP contribution in [-0.4, -0.2) is 34.7 Å². The van der Waals surface area contributed by atoms with Crippen LogP contribution in [0.5, 0.6) is 0 Å². The van der Waals surface area contributed by atoms with Crippen LogP contribution in [0, 0.1) is 6.92 Å². The van der Waals surface area contributed by atoms with E-state index < -0.39 is 0 Å². The second kappa shape index (κ2) is 6.39. The van der Waals surface area contributed by atoms with Crippen LogP contribution in [-0.2, 0) is 28.9 Å². The predicted octanol–water partition coefficient (Wildman–Crippen LogP) is 1.61. The number of carbonyl (C=O) groups is 1. The molecular weight excluding hydrogens is 254 g/mol. The first-order chi connectivity index (χ1) is 9.52. The fourth-order valence-corrected chi connectivity index (χ4v) is 2.90. The van der Waals surface area contributed by atoms with Crippen molar-refractivity contribution in [1.29, 1.82) is 0 Å². The normalized spacial score (nSPS) is 16.1. The van der Waals surface area contributed by atoms with Crippen molar-refractivity contribution >= 4 is 5.97 Å². The second-order valence-corrected chi connectivity index (χ2v) is 5.77. The highest BCUT2D eigenvalue weighted by Crippen LogP contribution is 2.22. The second-order valence-electron chi connectivity index (χ2n) is 5.77. The van der Waals surface area contributed by atoms with Crippen LogP contribution < -0.4 is 5.32 Å². The molecule has 5 nitrogen and oxygen atoms in total. The van der Waals surface area contributed by atoms with Crippen molar-refractivity contribution in [3.8, 4) is 0 Å². The van der Waals surface area contributed by atoms with Gasteiger partial charge in [0.1, 0.15) is 11.9 Å². The molecule has 5 heteroatoms. The number of hydrogen-bond acceptors (Lipinski definition) is 4. The molecule has 0 aliphatic heterocycles. The number of nitrogens with zero attached hydrogens (tertiary/aromatic N) is 2. The van der Waals surface area contributed by atoms with Gasteiger partial charge in [-0.05, 0) is 32.6 Å². The minimum Gasteiger partial charge on any atom is -0.468 e.